The van der Waals surface area contributed by atoms with Crippen molar-refractivity contribution in [3.05, 3.63) is 119 Å². The van der Waals surface area contributed by atoms with Crippen molar-refractivity contribution in [3.8, 4) is 11.4 Å². The lowest BCUT2D eigenvalue weighted by atomic mass is 9.85. The molecular formula is C32H31F5N8O3. The summed E-state index contributed by atoms with van der Waals surface area (Å²) in [6.07, 6.45) is -0.663. The van der Waals surface area contributed by atoms with Crippen LogP contribution in [0.3, 0.4) is 0 Å². The van der Waals surface area contributed by atoms with Gasteiger partial charge in [-0.3, -0.25) is 4.90 Å². The van der Waals surface area contributed by atoms with Crippen LogP contribution in [0.1, 0.15) is 18.1 Å². The van der Waals surface area contributed by atoms with Gasteiger partial charge < -0.3 is 14.7 Å². The van der Waals surface area contributed by atoms with Gasteiger partial charge in [-0.1, -0.05) is 18.2 Å². The summed E-state index contributed by atoms with van der Waals surface area (Å²) in [5.74, 6) is -1.94. The highest BCUT2D eigenvalue weighted by atomic mass is 19.4. The largest absolute Gasteiger partial charge is 0.573 e. The van der Waals surface area contributed by atoms with Gasteiger partial charge in [-0.15, -0.1) is 13.2 Å². The molecule has 1 saturated heterocycles. The van der Waals surface area contributed by atoms with E-state index in [-0.39, 0.29) is 24.4 Å². The fraction of sp³-hybridized carbons (Fsp3) is 0.312. The molecule has 48 heavy (non-hydrogen) atoms. The number of halogens is 5. The number of aliphatic hydroxyl groups is 1. The van der Waals surface area contributed by atoms with Crippen molar-refractivity contribution < 1.29 is 31.8 Å². The van der Waals surface area contributed by atoms with Gasteiger partial charge in [0, 0.05) is 49.5 Å². The van der Waals surface area contributed by atoms with Crippen LogP contribution in [-0.2, 0) is 18.7 Å². The fourth-order valence-electron chi connectivity index (χ4n) is 5.93. The minimum atomic E-state index is -4.79. The van der Waals surface area contributed by atoms with Crippen molar-refractivity contribution in [1.29, 1.82) is 0 Å². The van der Waals surface area contributed by atoms with E-state index in [1.54, 1.807) is 19.1 Å². The zero-order valence-electron chi connectivity index (χ0n) is 25.6. The lowest BCUT2D eigenvalue weighted by molar-refractivity contribution is -0.274. The van der Waals surface area contributed by atoms with E-state index in [9.17, 15) is 31.9 Å². The van der Waals surface area contributed by atoms with Gasteiger partial charge >= 0.3 is 12.1 Å². The number of aromatic nitrogens is 6. The van der Waals surface area contributed by atoms with Crippen molar-refractivity contribution in [2.75, 3.05) is 31.1 Å². The van der Waals surface area contributed by atoms with Crippen molar-refractivity contribution >= 4 is 5.69 Å². The summed E-state index contributed by atoms with van der Waals surface area (Å²) in [7, 11) is 0. The van der Waals surface area contributed by atoms with E-state index in [1.165, 1.54) is 63.2 Å². The highest BCUT2D eigenvalue weighted by molar-refractivity contribution is 5.51. The molecule has 252 valence electrons. The first-order valence-corrected chi connectivity index (χ1v) is 15.0. The van der Waals surface area contributed by atoms with E-state index in [4.69, 9.17) is 0 Å². The third-order valence-electron chi connectivity index (χ3n) is 8.54. The molecule has 0 radical (unpaired) electrons. The molecule has 0 spiro atoms. The summed E-state index contributed by atoms with van der Waals surface area (Å²) < 4.78 is 73.9. The second-order valence-electron chi connectivity index (χ2n) is 11.5. The SMILES string of the molecule is CC(N1CCN(c2ccc(-n3cnn(Cc4ccc(OC(F)(F)F)cc4)c3=O)cc2)CC1)C(O)(Cn1cncn1)c1ccc(F)cc1F. The molecule has 11 nitrogen and oxygen atoms in total. The number of piperazine rings is 1. The highest BCUT2D eigenvalue weighted by Crippen LogP contribution is 2.33. The summed E-state index contributed by atoms with van der Waals surface area (Å²) in [4.78, 5) is 21.2. The first kappa shape index (κ1) is 32.8. The second kappa shape index (κ2) is 13.2. The first-order chi connectivity index (χ1) is 22.9. The number of benzene rings is 3. The number of alkyl halides is 3. The Bertz CT molecular complexity index is 1890. The molecule has 3 heterocycles. The summed E-state index contributed by atoms with van der Waals surface area (Å²) in [5, 5.41) is 20.2. The van der Waals surface area contributed by atoms with Gasteiger partial charge in [0.1, 0.15) is 42.0 Å². The molecule has 3 aromatic carbocycles. The number of hydrogen-bond acceptors (Lipinski definition) is 8. The number of rotatable bonds is 10. The fourth-order valence-corrected chi connectivity index (χ4v) is 5.93. The van der Waals surface area contributed by atoms with Crippen LogP contribution in [0.25, 0.3) is 5.69 Å². The quantitative estimate of drug-likeness (QED) is 0.223. The zero-order valence-corrected chi connectivity index (χ0v) is 25.6. The van der Waals surface area contributed by atoms with E-state index in [0.717, 1.165) is 17.8 Å². The predicted molar refractivity (Wildman–Crippen MR) is 164 cm³/mol. The predicted octanol–water partition coefficient (Wildman–Crippen LogP) is 3.95. The number of nitrogens with zero attached hydrogens (tertiary/aromatic N) is 8. The first-order valence-electron chi connectivity index (χ1n) is 15.0. The maximum Gasteiger partial charge on any atom is 0.573 e. The van der Waals surface area contributed by atoms with Crippen LogP contribution in [0.15, 0.2) is 90.5 Å². The van der Waals surface area contributed by atoms with Gasteiger partial charge in [0.15, 0.2) is 0 Å². The maximum atomic E-state index is 15.0. The van der Waals surface area contributed by atoms with Gasteiger partial charge in [0.25, 0.3) is 0 Å². The molecule has 0 bridgehead atoms. The van der Waals surface area contributed by atoms with E-state index >= 15 is 0 Å². The third-order valence-corrected chi connectivity index (χ3v) is 8.54. The molecular weight excluding hydrogens is 639 g/mol. The van der Waals surface area contributed by atoms with Crippen LogP contribution in [0, 0.1) is 11.6 Å². The Balaban J connectivity index is 1.10. The highest BCUT2D eigenvalue weighted by Gasteiger charge is 2.42. The van der Waals surface area contributed by atoms with Gasteiger partial charge in [0.2, 0.25) is 0 Å². The Morgan fingerprint density at radius 2 is 1.58 bits per heavy atom. The molecule has 0 saturated carbocycles. The Morgan fingerprint density at radius 1 is 0.896 bits per heavy atom. The number of hydrogen-bond donors (Lipinski definition) is 1. The molecule has 1 N–H and O–H groups in total. The summed E-state index contributed by atoms with van der Waals surface area (Å²) >= 11 is 0. The maximum absolute atomic E-state index is 15.0. The van der Waals surface area contributed by atoms with Crippen molar-refractivity contribution in [2.45, 2.75) is 38.0 Å². The Morgan fingerprint density at radius 3 is 2.21 bits per heavy atom. The van der Waals surface area contributed by atoms with Crippen LogP contribution in [0.2, 0.25) is 0 Å². The van der Waals surface area contributed by atoms with Crippen LogP contribution in [0.5, 0.6) is 5.75 Å². The molecule has 1 aliphatic rings. The van der Waals surface area contributed by atoms with Crippen molar-refractivity contribution in [3.63, 3.8) is 0 Å². The molecule has 5 aromatic rings. The molecule has 0 aliphatic carbocycles. The molecule has 0 amide bonds. The lowest BCUT2D eigenvalue weighted by Crippen LogP contribution is -2.57. The molecule has 1 fully saturated rings. The summed E-state index contributed by atoms with van der Waals surface area (Å²) in [6, 6.07) is 15.1. The Kier molecular flexibility index (Phi) is 9.03. The lowest BCUT2D eigenvalue weighted by Gasteiger charge is -2.45. The van der Waals surface area contributed by atoms with Crippen LogP contribution in [0.4, 0.5) is 27.6 Å². The van der Waals surface area contributed by atoms with Crippen LogP contribution >= 0.6 is 0 Å². The molecule has 2 aromatic heterocycles. The van der Waals surface area contributed by atoms with E-state index in [2.05, 4.69) is 29.7 Å². The zero-order chi connectivity index (χ0) is 34.1. The van der Waals surface area contributed by atoms with Gasteiger partial charge in [-0.05, 0) is 55.0 Å². The topological polar surface area (TPSA) is 106 Å². The number of ether oxygens (including phenoxy) is 1. The Labute approximate surface area is 271 Å². The Hall–Kier alpha value is -5.09. The molecule has 16 heteroatoms. The van der Waals surface area contributed by atoms with E-state index in [0.29, 0.717) is 37.4 Å². The standard InChI is InChI=1S/C32H31F5N8O3/c1-22(31(47,18-43-20-38-19-39-43)28-11-4-24(33)16-29(28)34)41-12-14-42(15-13-41)25-5-7-26(8-6-25)44-21-40-45(30(44)46)17-23-2-9-27(10-3-23)48-32(35,36)37/h2-11,16,19-22,47H,12-15,17-18H2,1H3. The number of anilines is 1. The van der Waals surface area contributed by atoms with E-state index in [1.807, 2.05) is 12.1 Å². The second-order valence-corrected chi connectivity index (χ2v) is 11.5. The average molecular weight is 671 g/mol. The average Bonchev–Trinajstić information content (AvgIpc) is 3.70. The summed E-state index contributed by atoms with van der Waals surface area (Å²) in [5.41, 5.74) is -0.127. The molecule has 1 aliphatic heterocycles. The van der Waals surface area contributed by atoms with Crippen LogP contribution in [-0.4, -0.2) is 77.7 Å². The molecule has 2 atom stereocenters. The molecule has 6 rings (SSSR count). The van der Waals surface area contributed by atoms with Gasteiger partial charge in [0.05, 0.1) is 18.8 Å². The molecule has 2 unspecified atom stereocenters. The minimum Gasteiger partial charge on any atom is -0.406 e. The van der Waals surface area contributed by atoms with Crippen LogP contribution < -0.4 is 15.3 Å². The smallest absolute Gasteiger partial charge is 0.406 e. The van der Waals surface area contributed by atoms with Gasteiger partial charge in [-0.25, -0.2) is 32.5 Å². The van der Waals surface area contributed by atoms with E-state index < -0.39 is 35.3 Å². The monoisotopic (exact) mass is 670 g/mol. The van der Waals surface area contributed by atoms with Gasteiger partial charge in [-0.2, -0.15) is 10.2 Å². The van der Waals surface area contributed by atoms with Crippen molar-refractivity contribution in [1.82, 2.24) is 34.0 Å². The summed E-state index contributed by atoms with van der Waals surface area (Å²) in [6.45, 7) is 4.05. The van der Waals surface area contributed by atoms with Crippen molar-refractivity contribution in [2.24, 2.45) is 0 Å². The normalized spacial score (nSPS) is 16.1. The third kappa shape index (κ3) is 7.08. The minimum absolute atomic E-state index is 0.0306.